The van der Waals surface area contributed by atoms with Crippen molar-refractivity contribution in [3.63, 3.8) is 0 Å². The third-order valence-electron chi connectivity index (χ3n) is 3.04. The van der Waals surface area contributed by atoms with Gasteiger partial charge in [-0.3, -0.25) is 0 Å². The summed E-state index contributed by atoms with van der Waals surface area (Å²) >= 11 is 12.3. The van der Waals surface area contributed by atoms with Crippen LogP contribution < -0.4 is 0 Å². The van der Waals surface area contributed by atoms with Crippen molar-refractivity contribution in [1.29, 1.82) is 0 Å². The maximum absolute atomic E-state index is 6.21. The third-order valence-corrected chi connectivity index (χ3v) is 3.62. The maximum atomic E-state index is 6.21. The first-order valence-corrected chi connectivity index (χ1v) is 6.48. The summed E-state index contributed by atoms with van der Waals surface area (Å²) in [5, 5.41) is 14.3. The largest absolute Gasteiger partial charge is 0.235 e. The fourth-order valence-corrected chi connectivity index (χ4v) is 2.54. The average molecular weight is 293 g/mol. The first-order valence-electron chi connectivity index (χ1n) is 5.72. The van der Waals surface area contributed by atoms with Gasteiger partial charge in [0.15, 0.2) is 5.15 Å². The molecule has 0 N–H and O–H groups in total. The SMILES string of the molecule is Cc1nnc(Cl)c2nn(-c3ccccc3Cl)c(C)c12. The van der Waals surface area contributed by atoms with Gasteiger partial charge in [0.1, 0.15) is 5.52 Å². The van der Waals surface area contributed by atoms with Gasteiger partial charge in [-0.05, 0) is 26.0 Å². The lowest BCUT2D eigenvalue weighted by Crippen LogP contribution is -1.99. The van der Waals surface area contributed by atoms with E-state index in [0.29, 0.717) is 15.7 Å². The summed E-state index contributed by atoms with van der Waals surface area (Å²) in [4.78, 5) is 0. The molecule has 2 aromatic heterocycles. The van der Waals surface area contributed by atoms with Crippen molar-refractivity contribution in [3.05, 3.63) is 45.8 Å². The molecule has 0 radical (unpaired) electrons. The van der Waals surface area contributed by atoms with Crippen molar-refractivity contribution in [2.24, 2.45) is 0 Å². The van der Waals surface area contributed by atoms with Crippen LogP contribution in [0.25, 0.3) is 16.6 Å². The lowest BCUT2D eigenvalue weighted by molar-refractivity contribution is 0.860. The lowest BCUT2D eigenvalue weighted by Gasteiger charge is -2.05. The van der Waals surface area contributed by atoms with Crippen molar-refractivity contribution >= 4 is 34.1 Å². The Morgan fingerprint density at radius 3 is 2.47 bits per heavy atom. The number of benzene rings is 1. The van der Waals surface area contributed by atoms with Crippen molar-refractivity contribution in [2.75, 3.05) is 0 Å². The molecular formula is C13H10Cl2N4. The van der Waals surface area contributed by atoms with Crippen LogP contribution >= 0.6 is 23.2 Å². The van der Waals surface area contributed by atoms with E-state index in [1.54, 1.807) is 4.68 Å². The van der Waals surface area contributed by atoms with Crippen LogP contribution in [0.1, 0.15) is 11.4 Å². The summed E-state index contributed by atoms with van der Waals surface area (Å²) < 4.78 is 1.77. The minimum Gasteiger partial charge on any atom is -0.235 e. The van der Waals surface area contributed by atoms with E-state index in [1.807, 2.05) is 38.1 Å². The van der Waals surface area contributed by atoms with E-state index >= 15 is 0 Å². The van der Waals surface area contributed by atoms with Crippen LogP contribution in [0, 0.1) is 13.8 Å². The van der Waals surface area contributed by atoms with Gasteiger partial charge in [-0.1, -0.05) is 35.3 Å². The van der Waals surface area contributed by atoms with E-state index < -0.39 is 0 Å². The van der Waals surface area contributed by atoms with E-state index in [-0.39, 0.29) is 0 Å². The standard InChI is InChI=1S/C13H10Cl2N4/c1-7-11-8(2)19(10-6-4-3-5-9(10)14)18-12(11)13(15)17-16-7/h3-6H,1-2H3. The van der Waals surface area contributed by atoms with E-state index in [0.717, 1.165) is 22.5 Å². The quantitative estimate of drug-likeness (QED) is 0.686. The monoisotopic (exact) mass is 292 g/mol. The van der Waals surface area contributed by atoms with Crippen LogP contribution in [0.5, 0.6) is 0 Å². The number of halogens is 2. The molecule has 1 aromatic carbocycles. The molecule has 3 rings (SSSR count). The minimum absolute atomic E-state index is 0.300. The molecule has 0 amide bonds. The van der Waals surface area contributed by atoms with Gasteiger partial charge in [-0.15, -0.1) is 5.10 Å². The molecule has 0 fully saturated rings. The zero-order valence-corrected chi connectivity index (χ0v) is 11.9. The van der Waals surface area contributed by atoms with E-state index in [1.165, 1.54) is 0 Å². The average Bonchev–Trinajstić information content (AvgIpc) is 2.74. The van der Waals surface area contributed by atoms with E-state index in [4.69, 9.17) is 23.2 Å². The molecule has 0 aliphatic heterocycles. The van der Waals surface area contributed by atoms with Gasteiger partial charge in [-0.25, -0.2) is 4.68 Å². The Balaban J connectivity index is 2.39. The van der Waals surface area contributed by atoms with Crippen LogP contribution in [0.15, 0.2) is 24.3 Å². The number of aryl methyl sites for hydroxylation is 2. The van der Waals surface area contributed by atoms with Crippen LogP contribution in [0.3, 0.4) is 0 Å². The Morgan fingerprint density at radius 1 is 1.05 bits per heavy atom. The van der Waals surface area contributed by atoms with Crippen LogP contribution in [0.2, 0.25) is 10.2 Å². The molecule has 0 aliphatic carbocycles. The molecule has 6 heteroatoms. The van der Waals surface area contributed by atoms with Crippen LogP contribution in [-0.2, 0) is 0 Å². The van der Waals surface area contributed by atoms with Gasteiger partial charge in [0, 0.05) is 5.39 Å². The predicted octanol–water partition coefficient (Wildman–Crippen LogP) is 3.74. The zero-order chi connectivity index (χ0) is 13.6. The van der Waals surface area contributed by atoms with Crippen molar-refractivity contribution in [3.8, 4) is 5.69 Å². The van der Waals surface area contributed by atoms with Crippen LogP contribution in [-0.4, -0.2) is 20.0 Å². The normalized spacial score (nSPS) is 11.2. The summed E-state index contributed by atoms with van der Waals surface area (Å²) in [5.74, 6) is 0. The topological polar surface area (TPSA) is 43.6 Å². The molecular weight excluding hydrogens is 283 g/mol. The summed E-state index contributed by atoms with van der Waals surface area (Å²) in [7, 11) is 0. The summed E-state index contributed by atoms with van der Waals surface area (Å²) in [6, 6.07) is 7.53. The number of hydrogen-bond acceptors (Lipinski definition) is 3. The lowest BCUT2D eigenvalue weighted by atomic mass is 10.2. The molecule has 3 aromatic rings. The van der Waals surface area contributed by atoms with Crippen molar-refractivity contribution in [2.45, 2.75) is 13.8 Å². The summed E-state index contributed by atoms with van der Waals surface area (Å²) in [6.45, 7) is 3.85. The molecule has 0 atom stereocenters. The Hall–Kier alpha value is -1.65. The molecule has 96 valence electrons. The highest BCUT2D eigenvalue weighted by atomic mass is 35.5. The molecule has 2 heterocycles. The summed E-state index contributed by atoms with van der Waals surface area (Å²) in [5.41, 5.74) is 3.20. The molecule has 0 saturated carbocycles. The predicted molar refractivity (Wildman–Crippen MR) is 76.2 cm³/mol. The van der Waals surface area contributed by atoms with E-state index in [2.05, 4.69) is 15.3 Å². The second-order valence-corrected chi connectivity index (χ2v) is 5.01. The number of aromatic nitrogens is 4. The number of hydrogen-bond donors (Lipinski definition) is 0. The molecule has 0 unspecified atom stereocenters. The Bertz CT molecular complexity index is 780. The minimum atomic E-state index is 0.300. The second kappa shape index (κ2) is 4.47. The first-order chi connectivity index (χ1) is 9.09. The first kappa shape index (κ1) is 12.4. The summed E-state index contributed by atoms with van der Waals surface area (Å²) in [6.07, 6.45) is 0. The number of fused-ring (bicyclic) bond motifs is 1. The van der Waals surface area contributed by atoms with Gasteiger partial charge in [0.2, 0.25) is 0 Å². The Labute approximate surface area is 120 Å². The number of rotatable bonds is 1. The molecule has 19 heavy (non-hydrogen) atoms. The van der Waals surface area contributed by atoms with Crippen molar-refractivity contribution < 1.29 is 0 Å². The van der Waals surface area contributed by atoms with Gasteiger partial charge >= 0.3 is 0 Å². The third kappa shape index (κ3) is 1.88. The van der Waals surface area contributed by atoms with Crippen molar-refractivity contribution in [1.82, 2.24) is 20.0 Å². The number of para-hydroxylation sites is 1. The zero-order valence-electron chi connectivity index (χ0n) is 10.4. The highest BCUT2D eigenvalue weighted by Gasteiger charge is 2.16. The molecule has 0 spiro atoms. The highest BCUT2D eigenvalue weighted by molar-refractivity contribution is 6.34. The molecule has 0 bridgehead atoms. The smallest absolute Gasteiger partial charge is 0.179 e. The molecule has 4 nitrogen and oxygen atoms in total. The molecule has 0 aliphatic rings. The highest BCUT2D eigenvalue weighted by Crippen LogP contribution is 2.29. The van der Waals surface area contributed by atoms with E-state index in [9.17, 15) is 0 Å². The fraction of sp³-hybridized carbons (Fsp3) is 0.154. The number of nitrogens with zero attached hydrogens (tertiary/aromatic N) is 4. The Kier molecular flexibility index (Phi) is 2.92. The van der Waals surface area contributed by atoms with Crippen LogP contribution in [0.4, 0.5) is 0 Å². The molecule has 0 saturated heterocycles. The second-order valence-electron chi connectivity index (χ2n) is 4.25. The van der Waals surface area contributed by atoms with Gasteiger partial charge < -0.3 is 0 Å². The van der Waals surface area contributed by atoms with Gasteiger partial charge in [-0.2, -0.15) is 10.2 Å². The maximum Gasteiger partial charge on any atom is 0.179 e. The van der Waals surface area contributed by atoms with Gasteiger partial charge in [0.05, 0.1) is 22.1 Å². The Morgan fingerprint density at radius 2 is 1.79 bits per heavy atom. The van der Waals surface area contributed by atoms with Gasteiger partial charge in [0.25, 0.3) is 0 Å². The fourth-order valence-electron chi connectivity index (χ4n) is 2.15.